The Balaban J connectivity index is 0.000000230. The van der Waals surface area contributed by atoms with Crippen molar-refractivity contribution in [2.24, 2.45) is 0 Å². The number of ether oxygens (including phenoxy) is 2. The van der Waals surface area contributed by atoms with Crippen LogP contribution in [0.15, 0.2) is 109 Å². The normalized spacial score (nSPS) is 14.7. The van der Waals surface area contributed by atoms with Crippen LogP contribution in [0.4, 0.5) is 0 Å². The molecule has 2 N–H and O–H groups in total. The second kappa shape index (κ2) is 15.8. The smallest absolute Gasteiger partial charge is 0.0886 e. The van der Waals surface area contributed by atoms with E-state index in [2.05, 4.69) is 45.2 Å². The Morgan fingerprint density at radius 3 is 1.02 bits per heavy atom. The van der Waals surface area contributed by atoms with Crippen molar-refractivity contribution in [3.8, 4) is 0 Å². The van der Waals surface area contributed by atoms with Gasteiger partial charge in [-0.1, -0.05) is 84.9 Å². The van der Waals surface area contributed by atoms with E-state index in [1.54, 1.807) is 14.2 Å². The van der Waals surface area contributed by atoms with E-state index in [0.29, 0.717) is 0 Å². The second-order valence-electron chi connectivity index (χ2n) is 11.4. The largest absolute Gasteiger partial charge is 0.388 e. The molecule has 0 aliphatic carbocycles. The van der Waals surface area contributed by atoms with Crippen molar-refractivity contribution in [3.63, 3.8) is 0 Å². The minimum absolute atomic E-state index is 0.135. The van der Waals surface area contributed by atoms with Crippen LogP contribution in [-0.4, -0.2) is 35.6 Å². The Hall–Kier alpha value is -1.82. The van der Waals surface area contributed by atoms with Gasteiger partial charge in [-0.15, -0.1) is 0 Å². The predicted molar refractivity (Wildman–Crippen MR) is 189 cm³/mol. The number of halogens is 2. The molecule has 0 saturated carbocycles. The van der Waals surface area contributed by atoms with Crippen LogP contribution < -0.4 is 0 Å². The van der Waals surface area contributed by atoms with Crippen LogP contribution in [0.25, 0.3) is 0 Å². The second-order valence-corrected chi connectivity index (χ2v) is 13.9. The van der Waals surface area contributed by atoms with Gasteiger partial charge >= 0.3 is 0 Å². The summed E-state index contributed by atoms with van der Waals surface area (Å²) in [6.45, 7) is 8.06. The highest BCUT2D eigenvalue weighted by Crippen LogP contribution is 2.42. The Morgan fingerprint density at radius 1 is 0.476 bits per heavy atom. The lowest BCUT2D eigenvalue weighted by molar-refractivity contribution is -0.0432. The van der Waals surface area contributed by atoms with E-state index in [9.17, 15) is 10.2 Å². The summed E-state index contributed by atoms with van der Waals surface area (Å²) in [4.78, 5) is 0. The van der Waals surface area contributed by atoms with Gasteiger partial charge < -0.3 is 19.7 Å². The van der Waals surface area contributed by atoms with E-state index in [-0.39, 0.29) is 11.8 Å². The first kappa shape index (κ1) is 34.7. The highest BCUT2D eigenvalue weighted by Gasteiger charge is 2.38. The Bertz CT molecular complexity index is 1230. The summed E-state index contributed by atoms with van der Waals surface area (Å²) in [7, 11) is 3.38. The molecule has 0 heterocycles. The topological polar surface area (TPSA) is 58.9 Å². The molecule has 42 heavy (non-hydrogen) atoms. The van der Waals surface area contributed by atoms with Gasteiger partial charge in [0, 0.05) is 33.2 Å². The van der Waals surface area contributed by atoms with Gasteiger partial charge in [0.2, 0.25) is 0 Å². The number of rotatable bonds is 10. The molecule has 0 fully saturated rings. The SMILES string of the molecule is COC(C)(C)[C@@H](c1ccccc1)[C@H](O)c1ccc(I)cc1.COC(C)(C)[C@H](c1ccccc1)[C@@H](O)c1ccc(I)cc1. The quantitative estimate of drug-likeness (QED) is 0.158. The summed E-state index contributed by atoms with van der Waals surface area (Å²) in [6, 6.07) is 36.1. The van der Waals surface area contributed by atoms with Crippen molar-refractivity contribution < 1.29 is 19.7 Å². The van der Waals surface area contributed by atoms with Crippen molar-refractivity contribution >= 4 is 45.2 Å². The number of methoxy groups -OCH3 is 2. The van der Waals surface area contributed by atoms with Crippen molar-refractivity contribution in [3.05, 3.63) is 139 Å². The molecular formula is C36H42I2O4. The molecule has 0 unspecified atom stereocenters. The monoisotopic (exact) mass is 792 g/mol. The number of hydrogen-bond donors (Lipinski definition) is 2. The van der Waals surface area contributed by atoms with E-state index in [1.807, 2.05) is 137 Å². The van der Waals surface area contributed by atoms with Crippen LogP contribution in [0.1, 0.15) is 74.0 Å². The van der Waals surface area contributed by atoms with E-state index in [1.165, 1.54) is 0 Å². The van der Waals surface area contributed by atoms with E-state index in [4.69, 9.17) is 9.47 Å². The molecule has 4 nitrogen and oxygen atoms in total. The zero-order chi connectivity index (χ0) is 30.9. The molecule has 4 aromatic carbocycles. The summed E-state index contributed by atoms with van der Waals surface area (Å²) in [5.74, 6) is -0.271. The maximum atomic E-state index is 10.9. The van der Waals surface area contributed by atoms with Crippen molar-refractivity contribution in [1.29, 1.82) is 0 Å². The fourth-order valence-electron chi connectivity index (χ4n) is 5.21. The molecule has 0 aliphatic rings. The average Bonchev–Trinajstić information content (AvgIpc) is 2.99. The van der Waals surface area contributed by atoms with Crippen LogP contribution in [0.3, 0.4) is 0 Å². The molecule has 0 aromatic heterocycles. The molecule has 0 aliphatic heterocycles. The summed E-state index contributed by atoms with van der Waals surface area (Å²) in [6.07, 6.45) is -1.22. The first-order valence-corrected chi connectivity index (χ1v) is 16.1. The molecule has 224 valence electrons. The number of aliphatic hydroxyl groups excluding tert-OH is 2. The molecule has 6 heteroatoms. The number of benzene rings is 4. The van der Waals surface area contributed by atoms with Gasteiger partial charge in [0.15, 0.2) is 0 Å². The first-order valence-electron chi connectivity index (χ1n) is 14.0. The summed E-state index contributed by atoms with van der Waals surface area (Å²) >= 11 is 4.53. The maximum Gasteiger partial charge on any atom is 0.0886 e. The Kier molecular flexibility index (Phi) is 13.0. The van der Waals surface area contributed by atoms with Crippen LogP contribution in [0.5, 0.6) is 0 Å². The van der Waals surface area contributed by atoms with Gasteiger partial charge in [-0.25, -0.2) is 0 Å². The highest BCUT2D eigenvalue weighted by molar-refractivity contribution is 14.1. The minimum atomic E-state index is -0.612. The van der Waals surface area contributed by atoms with E-state index < -0.39 is 23.4 Å². The minimum Gasteiger partial charge on any atom is -0.388 e. The van der Waals surface area contributed by atoms with E-state index in [0.717, 1.165) is 29.4 Å². The molecule has 0 amide bonds. The van der Waals surface area contributed by atoms with Crippen molar-refractivity contribution in [2.45, 2.75) is 62.9 Å². The maximum absolute atomic E-state index is 10.9. The lowest BCUT2D eigenvalue weighted by Gasteiger charge is -2.37. The number of hydrogen-bond acceptors (Lipinski definition) is 4. The molecule has 4 rings (SSSR count). The van der Waals surface area contributed by atoms with Gasteiger partial charge in [0.05, 0.1) is 23.4 Å². The standard InChI is InChI=1S/2C18H21IO2/c2*1-18(2,21-3)16(13-7-5-4-6-8-13)17(20)14-9-11-15(19)12-10-14/h2*4-12,16-17,20H,1-3H3/t2*16-,17+/m10/s1. The fraction of sp³-hybridized carbons (Fsp3) is 0.333. The first-order chi connectivity index (χ1) is 19.9. The lowest BCUT2D eigenvalue weighted by atomic mass is 9.78. The van der Waals surface area contributed by atoms with Gasteiger partial charge in [-0.2, -0.15) is 0 Å². The van der Waals surface area contributed by atoms with Crippen LogP contribution in [0.2, 0.25) is 0 Å². The average molecular weight is 793 g/mol. The number of aliphatic hydroxyl groups is 2. The van der Waals surface area contributed by atoms with Gasteiger partial charge in [0.25, 0.3) is 0 Å². The van der Waals surface area contributed by atoms with Crippen molar-refractivity contribution in [2.75, 3.05) is 14.2 Å². The third-order valence-corrected chi connectivity index (χ3v) is 9.36. The molecule has 0 saturated heterocycles. The summed E-state index contributed by atoms with van der Waals surface area (Å²) in [5, 5.41) is 21.8. The summed E-state index contributed by atoms with van der Waals surface area (Å²) in [5.41, 5.74) is 3.04. The highest BCUT2D eigenvalue weighted by atomic mass is 127. The Morgan fingerprint density at radius 2 is 0.762 bits per heavy atom. The third-order valence-electron chi connectivity index (χ3n) is 7.92. The predicted octanol–water partition coefficient (Wildman–Crippen LogP) is 9.07. The van der Waals surface area contributed by atoms with Crippen LogP contribution >= 0.6 is 45.2 Å². The lowest BCUT2D eigenvalue weighted by Crippen LogP contribution is -2.35. The van der Waals surface area contributed by atoms with Crippen LogP contribution in [-0.2, 0) is 9.47 Å². The van der Waals surface area contributed by atoms with Gasteiger partial charge in [-0.3, -0.25) is 0 Å². The molecule has 0 spiro atoms. The molecular weight excluding hydrogens is 750 g/mol. The Labute approximate surface area is 278 Å². The zero-order valence-electron chi connectivity index (χ0n) is 25.2. The van der Waals surface area contributed by atoms with Crippen LogP contribution in [0, 0.1) is 7.14 Å². The van der Waals surface area contributed by atoms with E-state index >= 15 is 0 Å². The third kappa shape index (κ3) is 9.09. The molecule has 0 bridgehead atoms. The summed E-state index contributed by atoms with van der Waals surface area (Å²) < 4.78 is 13.6. The van der Waals surface area contributed by atoms with Gasteiger partial charge in [0.1, 0.15) is 0 Å². The molecule has 4 atom stereocenters. The molecule has 0 radical (unpaired) electrons. The zero-order valence-corrected chi connectivity index (χ0v) is 29.5. The van der Waals surface area contributed by atoms with Crippen molar-refractivity contribution in [1.82, 2.24) is 0 Å². The molecule has 4 aromatic rings. The van der Waals surface area contributed by atoms with Gasteiger partial charge in [-0.05, 0) is 119 Å². The fourth-order valence-corrected chi connectivity index (χ4v) is 5.93.